The summed E-state index contributed by atoms with van der Waals surface area (Å²) in [5.41, 5.74) is -2.81. The van der Waals surface area contributed by atoms with Crippen molar-refractivity contribution < 1.29 is 23.1 Å². The van der Waals surface area contributed by atoms with Gasteiger partial charge in [0.2, 0.25) is 5.88 Å². The molecular weight excluding hydrogens is 531 g/mol. The number of imidazole rings is 1. The topological polar surface area (TPSA) is 83.6 Å². The van der Waals surface area contributed by atoms with E-state index < -0.39 is 11.2 Å². The molecule has 1 aliphatic rings. The predicted octanol–water partition coefficient (Wildman–Crippen LogP) is 4.36. The number of aromatic hydroxyl groups is 1. The Labute approximate surface area is 225 Å². The van der Waals surface area contributed by atoms with Gasteiger partial charge in [0.1, 0.15) is 0 Å². The number of aromatic nitrogens is 3. The van der Waals surface area contributed by atoms with Crippen LogP contribution < -0.4 is 10.6 Å². The van der Waals surface area contributed by atoms with Gasteiger partial charge in [0.05, 0.1) is 24.0 Å². The molecule has 3 heterocycles. The third-order valence-corrected chi connectivity index (χ3v) is 7.18. The van der Waals surface area contributed by atoms with Gasteiger partial charge >= 0.3 is 11.2 Å². The number of amides is 1. The van der Waals surface area contributed by atoms with Gasteiger partial charge in [-0.05, 0) is 59.8 Å². The van der Waals surface area contributed by atoms with Crippen molar-refractivity contribution in [2.24, 2.45) is 0 Å². The molecule has 0 radical (unpaired) electrons. The molecule has 1 saturated heterocycles. The zero-order valence-electron chi connectivity index (χ0n) is 20.6. The smallest absolute Gasteiger partial charge is 0.446 e. The number of rotatable bonds is 6. The molecule has 1 aliphatic heterocycles. The van der Waals surface area contributed by atoms with E-state index in [2.05, 4.69) is 9.88 Å². The maximum atomic E-state index is 13.4. The molecule has 0 atom stereocenters. The number of benzene rings is 2. The number of nitrogens with zero attached hydrogens (tertiary/aromatic N) is 5. The molecule has 1 amide bonds. The van der Waals surface area contributed by atoms with Crippen LogP contribution in [0.25, 0.3) is 5.69 Å². The number of halogens is 3. The predicted molar refractivity (Wildman–Crippen MR) is 142 cm³/mol. The van der Waals surface area contributed by atoms with Crippen LogP contribution in [0.2, 0.25) is 0 Å². The third kappa shape index (κ3) is 5.95. The summed E-state index contributed by atoms with van der Waals surface area (Å²) in [6.45, 7) is 2.42. The summed E-state index contributed by atoms with van der Waals surface area (Å²) in [4.78, 5) is 34.6. The Kier molecular flexibility index (Phi) is 7.38. The normalized spacial score (nSPS) is 14.0. The Morgan fingerprint density at radius 1 is 0.949 bits per heavy atom. The molecule has 2 aromatic heterocycles. The fourth-order valence-electron chi connectivity index (χ4n) is 4.55. The number of pyridine rings is 1. The van der Waals surface area contributed by atoms with E-state index in [-0.39, 0.29) is 40.7 Å². The van der Waals surface area contributed by atoms with Crippen molar-refractivity contribution in [2.75, 3.05) is 31.1 Å². The van der Waals surface area contributed by atoms with Crippen molar-refractivity contribution in [1.29, 1.82) is 0 Å². The molecule has 12 heteroatoms. The molecule has 0 bridgehead atoms. The van der Waals surface area contributed by atoms with Gasteiger partial charge in [-0.2, -0.15) is 13.2 Å². The fraction of sp³-hybridized carbons (Fsp3) is 0.222. The van der Waals surface area contributed by atoms with E-state index in [9.17, 15) is 27.9 Å². The van der Waals surface area contributed by atoms with Gasteiger partial charge < -0.3 is 14.9 Å². The summed E-state index contributed by atoms with van der Waals surface area (Å²) in [7, 11) is 0. The SMILES string of the molecule is O=C(c1cnccc1Cn1cc(O)n(-c2ccc(SC(F)(F)F)cc2)c1=O)N1CCN(c2ccccc2)CC1. The second kappa shape index (κ2) is 10.9. The van der Waals surface area contributed by atoms with Gasteiger partial charge in [0.25, 0.3) is 5.91 Å². The Bertz CT molecular complexity index is 1510. The molecule has 8 nitrogen and oxygen atoms in total. The van der Waals surface area contributed by atoms with Crippen molar-refractivity contribution in [3.05, 3.63) is 101 Å². The third-order valence-electron chi connectivity index (χ3n) is 6.44. The summed E-state index contributed by atoms with van der Waals surface area (Å²) in [5, 5.41) is 10.5. The maximum absolute atomic E-state index is 13.4. The second-order valence-corrected chi connectivity index (χ2v) is 10.1. The number of carbonyl (C=O) groups excluding carboxylic acids is 1. The van der Waals surface area contributed by atoms with Crippen LogP contribution in [0.15, 0.2) is 88.9 Å². The number of carbonyl (C=O) groups is 1. The van der Waals surface area contributed by atoms with Crippen LogP contribution in [0.1, 0.15) is 15.9 Å². The van der Waals surface area contributed by atoms with E-state index in [4.69, 9.17) is 0 Å². The number of piperazine rings is 1. The molecule has 0 unspecified atom stereocenters. The summed E-state index contributed by atoms with van der Waals surface area (Å²) < 4.78 is 40.1. The van der Waals surface area contributed by atoms with Crippen molar-refractivity contribution in [2.45, 2.75) is 16.9 Å². The molecule has 0 spiro atoms. The van der Waals surface area contributed by atoms with E-state index in [1.807, 2.05) is 30.3 Å². The van der Waals surface area contributed by atoms with Gasteiger partial charge in [0, 0.05) is 49.2 Å². The van der Waals surface area contributed by atoms with E-state index >= 15 is 0 Å². The molecule has 0 saturated carbocycles. The van der Waals surface area contributed by atoms with Crippen LogP contribution in [-0.2, 0) is 6.54 Å². The number of thioether (sulfide) groups is 1. The highest BCUT2D eigenvalue weighted by Crippen LogP contribution is 2.37. The summed E-state index contributed by atoms with van der Waals surface area (Å²) >= 11 is -0.265. The minimum absolute atomic E-state index is 0.00498. The molecule has 0 aliphatic carbocycles. The fourth-order valence-corrected chi connectivity index (χ4v) is 5.09. The van der Waals surface area contributed by atoms with Crippen LogP contribution >= 0.6 is 11.8 Å². The lowest BCUT2D eigenvalue weighted by Crippen LogP contribution is -2.49. The largest absolute Gasteiger partial charge is 0.493 e. The first-order valence-electron chi connectivity index (χ1n) is 12.1. The van der Waals surface area contributed by atoms with E-state index in [1.165, 1.54) is 47.4 Å². The Hall–Kier alpha value is -4.19. The minimum atomic E-state index is -4.43. The standard InChI is InChI=1S/C27H24F3N5O3S/c28-27(29,30)39-22-8-6-21(7-9-22)35-24(36)18-34(26(35)38)17-19-10-11-31-16-23(19)25(37)33-14-12-32(13-15-33)20-4-2-1-3-5-20/h1-11,16,18,36H,12-15,17H2. The van der Waals surface area contributed by atoms with Crippen molar-refractivity contribution in [3.63, 3.8) is 0 Å². The number of hydrogen-bond acceptors (Lipinski definition) is 6. The monoisotopic (exact) mass is 555 g/mol. The van der Waals surface area contributed by atoms with E-state index in [1.54, 1.807) is 11.0 Å². The van der Waals surface area contributed by atoms with E-state index in [0.717, 1.165) is 10.3 Å². The molecule has 202 valence electrons. The maximum Gasteiger partial charge on any atom is 0.446 e. The Balaban J connectivity index is 1.32. The summed E-state index contributed by atoms with van der Waals surface area (Å²) in [5.74, 6) is -0.574. The quantitative estimate of drug-likeness (QED) is 0.356. The van der Waals surface area contributed by atoms with Gasteiger partial charge in [-0.25, -0.2) is 9.36 Å². The van der Waals surface area contributed by atoms with Crippen LogP contribution in [0.3, 0.4) is 0 Å². The first-order valence-corrected chi connectivity index (χ1v) is 12.9. The lowest BCUT2D eigenvalue weighted by atomic mass is 10.1. The van der Waals surface area contributed by atoms with Crippen LogP contribution in [-0.4, -0.2) is 61.7 Å². The molecule has 39 heavy (non-hydrogen) atoms. The van der Waals surface area contributed by atoms with Gasteiger partial charge in [-0.3, -0.25) is 14.3 Å². The molecule has 2 aromatic carbocycles. The number of hydrogen-bond donors (Lipinski definition) is 1. The average Bonchev–Trinajstić information content (AvgIpc) is 3.21. The van der Waals surface area contributed by atoms with Crippen LogP contribution in [0.4, 0.5) is 18.9 Å². The Morgan fingerprint density at radius 3 is 2.31 bits per heavy atom. The first-order chi connectivity index (χ1) is 18.7. The summed E-state index contributed by atoms with van der Waals surface area (Å²) in [6, 6.07) is 16.7. The molecule has 1 N–H and O–H groups in total. The molecule has 4 aromatic rings. The number of para-hydroxylation sites is 1. The average molecular weight is 556 g/mol. The zero-order valence-corrected chi connectivity index (χ0v) is 21.4. The van der Waals surface area contributed by atoms with Gasteiger partial charge in [0.15, 0.2) is 0 Å². The Morgan fingerprint density at radius 2 is 1.64 bits per heavy atom. The van der Waals surface area contributed by atoms with Crippen molar-refractivity contribution >= 4 is 23.4 Å². The second-order valence-electron chi connectivity index (χ2n) is 8.92. The number of anilines is 1. The highest BCUT2D eigenvalue weighted by Gasteiger charge is 2.29. The molecular formula is C27H24F3N5O3S. The van der Waals surface area contributed by atoms with Crippen molar-refractivity contribution in [3.8, 4) is 11.6 Å². The van der Waals surface area contributed by atoms with Gasteiger partial charge in [-0.1, -0.05) is 18.2 Å². The first kappa shape index (κ1) is 26.4. The van der Waals surface area contributed by atoms with E-state index in [0.29, 0.717) is 37.3 Å². The van der Waals surface area contributed by atoms with Crippen LogP contribution in [0.5, 0.6) is 5.88 Å². The summed E-state index contributed by atoms with van der Waals surface area (Å²) in [6.07, 6.45) is 4.23. The lowest BCUT2D eigenvalue weighted by molar-refractivity contribution is -0.0328. The lowest BCUT2D eigenvalue weighted by Gasteiger charge is -2.36. The molecule has 5 rings (SSSR count). The highest BCUT2D eigenvalue weighted by molar-refractivity contribution is 8.00. The highest BCUT2D eigenvalue weighted by atomic mass is 32.2. The minimum Gasteiger partial charge on any atom is -0.493 e. The zero-order chi connectivity index (χ0) is 27.6. The van der Waals surface area contributed by atoms with Crippen molar-refractivity contribution in [1.82, 2.24) is 19.0 Å². The van der Waals surface area contributed by atoms with Crippen LogP contribution in [0, 0.1) is 0 Å². The van der Waals surface area contributed by atoms with Gasteiger partial charge in [-0.15, -0.1) is 0 Å². The number of alkyl halides is 3. The molecule has 1 fully saturated rings.